The highest BCUT2D eigenvalue weighted by molar-refractivity contribution is 7.16. The largest absolute Gasteiger partial charge is 0.351 e. The lowest BCUT2D eigenvalue weighted by atomic mass is 9.91. The van der Waals surface area contributed by atoms with Crippen molar-refractivity contribution in [2.75, 3.05) is 0 Å². The summed E-state index contributed by atoms with van der Waals surface area (Å²) in [6.07, 6.45) is 5.53. The maximum atomic E-state index is 13.7. The molecule has 1 aliphatic carbocycles. The smallest absolute Gasteiger partial charge is 0.271 e. The molecule has 0 radical (unpaired) electrons. The number of rotatable bonds is 4. The van der Waals surface area contributed by atoms with Gasteiger partial charge in [-0.25, -0.2) is 0 Å². The Bertz CT molecular complexity index is 1150. The molecule has 0 saturated heterocycles. The molecule has 0 spiro atoms. The zero-order valence-corrected chi connectivity index (χ0v) is 19.1. The average molecular weight is 456 g/mol. The second-order valence-corrected chi connectivity index (χ2v) is 10.2. The average Bonchev–Trinajstić information content (AvgIpc) is 3.34. The summed E-state index contributed by atoms with van der Waals surface area (Å²) in [7, 11) is 0. The molecule has 2 aliphatic rings. The fraction of sp³-hybridized carbons (Fsp3) is 0.417. The van der Waals surface area contributed by atoms with E-state index in [2.05, 4.69) is 5.32 Å². The summed E-state index contributed by atoms with van der Waals surface area (Å²) in [6, 6.07) is 11.7. The van der Waals surface area contributed by atoms with E-state index in [1.807, 2.05) is 53.3 Å². The predicted molar refractivity (Wildman–Crippen MR) is 125 cm³/mol. The van der Waals surface area contributed by atoms with Gasteiger partial charge in [0.2, 0.25) is 5.91 Å². The van der Waals surface area contributed by atoms with Crippen molar-refractivity contribution in [3.05, 3.63) is 58.1 Å². The van der Waals surface area contributed by atoms with Crippen LogP contribution < -0.4 is 5.32 Å². The van der Waals surface area contributed by atoms with Crippen LogP contribution in [0.15, 0.2) is 41.8 Å². The number of nitrogens with zero attached hydrogens (tertiary/aromatic N) is 2. The molecule has 5 nitrogen and oxygen atoms in total. The van der Waals surface area contributed by atoms with Crippen LogP contribution >= 0.6 is 22.9 Å². The zero-order valence-electron chi connectivity index (χ0n) is 17.6. The Kier molecular flexibility index (Phi) is 5.30. The summed E-state index contributed by atoms with van der Waals surface area (Å²) in [5, 5.41) is 6.97. The fourth-order valence-corrected chi connectivity index (χ4v) is 6.02. The molecule has 5 rings (SSSR count). The van der Waals surface area contributed by atoms with Crippen molar-refractivity contribution >= 4 is 45.0 Å². The van der Waals surface area contributed by atoms with Gasteiger partial charge in [0, 0.05) is 23.0 Å². The van der Waals surface area contributed by atoms with E-state index in [1.54, 1.807) is 16.2 Å². The minimum atomic E-state index is -0.986. The van der Waals surface area contributed by atoms with Gasteiger partial charge in [-0.15, -0.1) is 11.3 Å². The number of carbonyl (C=O) groups is 2. The molecule has 2 amide bonds. The number of hydrogen-bond donors (Lipinski definition) is 1. The molecule has 31 heavy (non-hydrogen) atoms. The lowest BCUT2D eigenvalue weighted by Gasteiger charge is -2.44. The van der Waals surface area contributed by atoms with Crippen LogP contribution in [0.3, 0.4) is 0 Å². The number of thiophene rings is 1. The Labute approximate surface area is 191 Å². The number of nitrogens with one attached hydrogen (secondary N) is 1. The van der Waals surface area contributed by atoms with Crippen molar-refractivity contribution in [1.82, 2.24) is 14.8 Å². The van der Waals surface area contributed by atoms with Gasteiger partial charge >= 0.3 is 0 Å². The van der Waals surface area contributed by atoms with Crippen LogP contribution in [0.25, 0.3) is 10.2 Å². The van der Waals surface area contributed by atoms with Gasteiger partial charge in [0.05, 0.1) is 6.54 Å². The lowest BCUT2D eigenvalue weighted by molar-refractivity contribution is -0.134. The maximum Gasteiger partial charge on any atom is 0.271 e. The van der Waals surface area contributed by atoms with E-state index in [0.717, 1.165) is 41.5 Å². The molecule has 1 fully saturated rings. The van der Waals surface area contributed by atoms with Crippen molar-refractivity contribution in [3.63, 3.8) is 0 Å². The van der Waals surface area contributed by atoms with Gasteiger partial charge in [0.15, 0.2) is 0 Å². The number of halogens is 1. The summed E-state index contributed by atoms with van der Waals surface area (Å²) in [5.41, 5.74) is 0.575. The highest BCUT2D eigenvalue weighted by Crippen LogP contribution is 2.36. The van der Waals surface area contributed by atoms with E-state index in [1.165, 1.54) is 6.42 Å². The molecule has 1 atom stereocenters. The summed E-state index contributed by atoms with van der Waals surface area (Å²) in [4.78, 5) is 30.1. The summed E-state index contributed by atoms with van der Waals surface area (Å²) in [5.74, 6) is -0.185. The Morgan fingerprint density at radius 1 is 1.23 bits per heavy atom. The molecule has 1 aliphatic heterocycles. The molecule has 1 N–H and O–H groups in total. The van der Waals surface area contributed by atoms with Crippen LogP contribution in [0, 0.1) is 0 Å². The number of amides is 2. The molecule has 1 aromatic carbocycles. The second kappa shape index (κ2) is 7.99. The number of fused-ring (bicyclic) bond motifs is 3. The van der Waals surface area contributed by atoms with Crippen LogP contribution in [-0.2, 0) is 17.9 Å². The lowest BCUT2D eigenvalue weighted by Crippen LogP contribution is -2.64. The first-order valence-electron chi connectivity index (χ1n) is 10.9. The fourth-order valence-electron chi connectivity index (χ4n) is 4.91. The summed E-state index contributed by atoms with van der Waals surface area (Å²) >= 11 is 7.80. The number of aromatic nitrogens is 1. The highest BCUT2D eigenvalue weighted by Gasteiger charge is 2.48. The normalized spacial score (nSPS) is 22.0. The van der Waals surface area contributed by atoms with Crippen molar-refractivity contribution in [3.8, 4) is 0 Å². The van der Waals surface area contributed by atoms with E-state index in [0.29, 0.717) is 23.8 Å². The first-order valence-corrected chi connectivity index (χ1v) is 12.2. The van der Waals surface area contributed by atoms with Crippen LogP contribution in [0.4, 0.5) is 0 Å². The minimum absolute atomic E-state index is 0.0705. The number of carbonyl (C=O) groups excluding carboxylic acids is 2. The Balaban J connectivity index is 1.53. The molecule has 162 valence electrons. The second-order valence-electron chi connectivity index (χ2n) is 8.90. The SMILES string of the molecule is C[C@@]1(C(=O)NC2CCCCC2)Cn2c(cc3ccsc32)C(=O)N1Cc1cccc(Cl)c1. The molecular weight excluding hydrogens is 430 g/mol. The Morgan fingerprint density at radius 2 is 2.03 bits per heavy atom. The van der Waals surface area contributed by atoms with Crippen molar-refractivity contribution in [2.24, 2.45) is 0 Å². The van der Waals surface area contributed by atoms with Gasteiger partial charge < -0.3 is 14.8 Å². The van der Waals surface area contributed by atoms with Gasteiger partial charge in [-0.05, 0) is 55.0 Å². The first-order chi connectivity index (χ1) is 15.0. The summed E-state index contributed by atoms with van der Waals surface area (Å²) in [6.45, 7) is 2.68. The molecule has 3 heterocycles. The van der Waals surface area contributed by atoms with Gasteiger partial charge in [-0.2, -0.15) is 0 Å². The zero-order chi connectivity index (χ0) is 21.6. The summed E-state index contributed by atoms with van der Waals surface area (Å²) < 4.78 is 2.03. The van der Waals surface area contributed by atoms with Crippen molar-refractivity contribution in [2.45, 2.75) is 63.7 Å². The third-order valence-corrected chi connectivity index (χ3v) is 7.87. The molecule has 0 bridgehead atoms. The maximum absolute atomic E-state index is 13.7. The van der Waals surface area contributed by atoms with Crippen LogP contribution in [0.1, 0.15) is 55.1 Å². The topological polar surface area (TPSA) is 54.3 Å². The Hall–Kier alpha value is -2.31. The van der Waals surface area contributed by atoms with Gasteiger partial charge in [-0.3, -0.25) is 9.59 Å². The van der Waals surface area contributed by atoms with Crippen LogP contribution in [-0.4, -0.2) is 32.9 Å². The van der Waals surface area contributed by atoms with Crippen molar-refractivity contribution < 1.29 is 9.59 Å². The predicted octanol–water partition coefficient (Wildman–Crippen LogP) is 5.22. The van der Waals surface area contributed by atoms with Crippen LogP contribution in [0.5, 0.6) is 0 Å². The van der Waals surface area contributed by atoms with E-state index >= 15 is 0 Å². The molecule has 7 heteroatoms. The molecule has 2 aromatic heterocycles. The third kappa shape index (κ3) is 3.66. The van der Waals surface area contributed by atoms with Gasteiger partial charge in [-0.1, -0.05) is 43.0 Å². The minimum Gasteiger partial charge on any atom is -0.351 e. The number of benzene rings is 1. The molecule has 1 saturated carbocycles. The van der Waals surface area contributed by atoms with Crippen molar-refractivity contribution in [1.29, 1.82) is 0 Å². The van der Waals surface area contributed by atoms with E-state index in [9.17, 15) is 9.59 Å². The molecule has 3 aromatic rings. The Morgan fingerprint density at radius 3 is 2.81 bits per heavy atom. The van der Waals surface area contributed by atoms with Gasteiger partial charge in [0.1, 0.15) is 16.1 Å². The molecular formula is C24H26ClN3O2S. The van der Waals surface area contributed by atoms with E-state index in [-0.39, 0.29) is 17.9 Å². The third-order valence-electron chi connectivity index (χ3n) is 6.69. The highest BCUT2D eigenvalue weighted by atomic mass is 35.5. The first kappa shape index (κ1) is 20.6. The quantitative estimate of drug-likeness (QED) is 0.586. The van der Waals surface area contributed by atoms with E-state index in [4.69, 9.17) is 11.6 Å². The number of hydrogen-bond acceptors (Lipinski definition) is 3. The van der Waals surface area contributed by atoms with E-state index < -0.39 is 5.54 Å². The molecule has 0 unspecified atom stereocenters. The standard InChI is InChI=1S/C24H26ClN3O2S/c1-24(23(30)26-19-8-3-2-4-9-19)15-27-20(13-17-10-11-31-22(17)27)21(29)28(24)14-16-6-5-7-18(25)12-16/h5-7,10-13,19H,2-4,8-9,14-15H2,1H3,(H,26,30)/t24-/m0/s1. The monoisotopic (exact) mass is 455 g/mol. The van der Waals surface area contributed by atoms with Crippen LogP contribution in [0.2, 0.25) is 5.02 Å². The van der Waals surface area contributed by atoms with Gasteiger partial charge in [0.25, 0.3) is 5.91 Å².